The van der Waals surface area contributed by atoms with Crippen LogP contribution in [0.1, 0.15) is 16.8 Å². The number of aromatic nitrogens is 2. The molecule has 0 saturated heterocycles. The first kappa shape index (κ1) is 16.8. The molecule has 2 amide bonds. The summed E-state index contributed by atoms with van der Waals surface area (Å²) in [6.07, 6.45) is 0. The SMILES string of the molecule is COc1c(CNC(=O)NCc2ccc3ccccc3c2)c(C)nn1C. The average molecular weight is 338 g/mol. The third kappa shape index (κ3) is 3.74. The zero-order valence-electron chi connectivity index (χ0n) is 14.7. The van der Waals surface area contributed by atoms with Gasteiger partial charge in [0.05, 0.1) is 24.9 Å². The lowest BCUT2D eigenvalue weighted by Gasteiger charge is -2.09. The predicted octanol–water partition coefficient (Wildman–Crippen LogP) is 2.89. The van der Waals surface area contributed by atoms with Crippen LogP contribution in [0.4, 0.5) is 4.79 Å². The second-order valence-electron chi connectivity index (χ2n) is 5.91. The van der Waals surface area contributed by atoms with Crippen LogP contribution in [0.2, 0.25) is 0 Å². The summed E-state index contributed by atoms with van der Waals surface area (Å²) in [5.41, 5.74) is 2.78. The molecule has 3 rings (SSSR count). The zero-order chi connectivity index (χ0) is 17.8. The highest BCUT2D eigenvalue weighted by Gasteiger charge is 2.14. The number of urea groups is 1. The van der Waals surface area contributed by atoms with Gasteiger partial charge < -0.3 is 15.4 Å². The first-order valence-corrected chi connectivity index (χ1v) is 8.14. The summed E-state index contributed by atoms with van der Waals surface area (Å²) in [6.45, 7) is 2.73. The van der Waals surface area contributed by atoms with E-state index in [4.69, 9.17) is 4.74 Å². The summed E-state index contributed by atoms with van der Waals surface area (Å²) in [5, 5.41) is 12.4. The molecule has 0 unspecified atom stereocenters. The standard InChI is InChI=1S/C19H22N4O2/c1-13-17(18(25-3)23(2)22-13)12-21-19(24)20-11-14-8-9-15-6-4-5-7-16(15)10-14/h4-10H,11-12H2,1-3H3,(H2,20,21,24). The molecular formula is C19H22N4O2. The Morgan fingerprint density at radius 2 is 1.84 bits per heavy atom. The first-order valence-electron chi connectivity index (χ1n) is 8.14. The van der Waals surface area contributed by atoms with Crippen LogP contribution in [0.5, 0.6) is 5.88 Å². The molecule has 0 aliphatic heterocycles. The number of methoxy groups -OCH3 is 1. The number of fused-ring (bicyclic) bond motifs is 1. The van der Waals surface area contributed by atoms with Crippen LogP contribution in [0.15, 0.2) is 42.5 Å². The molecule has 0 spiro atoms. The van der Waals surface area contributed by atoms with Crippen molar-refractivity contribution >= 4 is 16.8 Å². The van der Waals surface area contributed by atoms with Crippen molar-refractivity contribution in [2.45, 2.75) is 20.0 Å². The minimum Gasteiger partial charge on any atom is -0.481 e. The van der Waals surface area contributed by atoms with Crippen molar-refractivity contribution in [1.29, 1.82) is 0 Å². The van der Waals surface area contributed by atoms with Crippen LogP contribution in [0.3, 0.4) is 0 Å². The van der Waals surface area contributed by atoms with E-state index < -0.39 is 0 Å². The quantitative estimate of drug-likeness (QED) is 0.752. The summed E-state index contributed by atoms with van der Waals surface area (Å²) in [7, 11) is 3.41. The number of nitrogens with zero attached hydrogens (tertiary/aromatic N) is 2. The Kier molecular flexibility index (Phi) is 4.88. The van der Waals surface area contributed by atoms with Crippen molar-refractivity contribution in [3.05, 3.63) is 59.3 Å². The topological polar surface area (TPSA) is 68.2 Å². The number of ether oxygens (including phenoxy) is 1. The van der Waals surface area contributed by atoms with Gasteiger partial charge >= 0.3 is 6.03 Å². The van der Waals surface area contributed by atoms with Crippen LogP contribution >= 0.6 is 0 Å². The van der Waals surface area contributed by atoms with Gasteiger partial charge in [0.25, 0.3) is 0 Å². The molecule has 1 aromatic heterocycles. The summed E-state index contributed by atoms with van der Waals surface area (Å²) >= 11 is 0. The van der Waals surface area contributed by atoms with Gasteiger partial charge in [-0.25, -0.2) is 9.48 Å². The van der Waals surface area contributed by atoms with Crippen molar-refractivity contribution in [3.63, 3.8) is 0 Å². The van der Waals surface area contributed by atoms with Crippen molar-refractivity contribution in [3.8, 4) is 5.88 Å². The predicted molar refractivity (Wildman–Crippen MR) is 97.5 cm³/mol. The number of carbonyl (C=O) groups is 1. The summed E-state index contributed by atoms with van der Waals surface area (Å²) < 4.78 is 6.99. The lowest BCUT2D eigenvalue weighted by atomic mass is 10.1. The molecule has 0 radical (unpaired) electrons. The van der Waals surface area contributed by atoms with E-state index >= 15 is 0 Å². The zero-order valence-corrected chi connectivity index (χ0v) is 14.7. The van der Waals surface area contributed by atoms with Gasteiger partial charge in [0, 0.05) is 13.6 Å². The Balaban J connectivity index is 1.57. The van der Waals surface area contributed by atoms with Crippen molar-refractivity contribution in [2.24, 2.45) is 7.05 Å². The number of rotatable bonds is 5. The molecule has 25 heavy (non-hydrogen) atoms. The maximum atomic E-state index is 12.1. The monoisotopic (exact) mass is 338 g/mol. The highest BCUT2D eigenvalue weighted by molar-refractivity contribution is 5.83. The number of hydrogen-bond acceptors (Lipinski definition) is 3. The fraction of sp³-hybridized carbons (Fsp3) is 0.263. The number of benzene rings is 2. The van der Waals surface area contributed by atoms with Gasteiger partial charge in [-0.15, -0.1) is 0 Å². The van der Waals surface area contributed by atoms with E-state index in [0.29, 0.717) is 19.0 Å². The Morgan fingerprint density at radius 1 is 1.12 bits per heavy atom. The maximum Gasteiger partial charge on any atom is 0.315 e. The van der Waals surface area contributed by atoms with Crippen LogP contribution in [0.25, 0.3) is 10.8 Å². The molecule has 2 aromatic carbocycles. The van der Waals surface area contributed by atoms with Crippen molar-refractivity contribution in [2.75, 3.05) is 7.11 Å². The molecule has 0 fully saturated rings. The molecule has 130 valence electrons. The average Bonchev–Trinajstić information content (AvgIpc) is 2.90. The highest BCUT2D eigenvalue weighted by atomic mass is 16.5. The number of carbonyl (C=O) groups excluding carboxylic acids is 1. The molecule has 0 bridgehead atoms. The molecule has 0 aliphatic rings. The molecule has 6 heteroatoms. The van der Waals surface area contributed by atoms with E-state index in [0.717, 1.165) is 22.2 Å². The number of nitrogens with one attached hydrogen (secondary N) is 2. The van der Waals surface area contributed by atoms with Gasteiger partial charge in [-0.05, 0) is 29.3 Å². The van der Waals surface area contributed by atoms with Crippen LogP contribution in [-0.4, -0.2) is 22.9 Å². The Morgan fingerprint density at radius 3 is 2.60 bits per heavy atom. The van der Waals surface area contributed by atoms with Gasteiger partial charge in [0.2, 0.25) is 5.88 Å². The lowest BCUT2D eigenvalue weighted by molar-refractivity contribution is 0.240. The maximum absolute atomic E-state index is 12.1. The normalized spacial score (nSPS) is 10.7. The van der Waals surface area contributed by atoms with Gasteiger partial charge in [0.15, 0.2) is 0 Å². The Labute approximate surface area is 146 Å². The van der Waals surface area contributed by atoms with Crippen LogP contribution < -0.4 is 15.4 Å². The molecule has 6 nitrogen and oxygen atoms in total. The Bertz CT molecular complexity index is 902. The minimum atomic E-state index is -0.224. The number of hydrogen-bond donors (Lipinski definition) is 2. The molecule has 2 N–H and O–H groups in total. The summed E-state index contributed by atoms with van der Waals surface area (Å²) in [5.74, 6) is 0.660. The lowest BCUT2D eigenvalue weighted by Crippen LogP contribution is -2.34. The fourth-order valence-corrected chi connectivity index (χ4v) is 2.90. The highest BCUT2D eigenvalue weighted by Crippen LogP contribution is 2.20. The van der Waals surface area contributed by atoms with E-state index in [2.05, 4.69) is 40.0 Å². The first-order chi connectivity index (χ1) is 12.1. The number of aryl methyl sites for hydroxylation is 2. The molecule has 1 heterocycles. The minimum absolute atomic E-state index is 0.224. The van der Waals surface area contributed by atoms with Crippen molar-refractivity contribution < 1.29 is 9.53 Å². The molecule has 3 aromatic rings. The van der Waals surface area contributed by atoms with Gasteiger partial charge in [-0.1, -0.05) is 36.4 Å². The smallest absolute Gasteiger partial charge is 0.315 e. The van der Waals surface area contributed by atoms with Crippen LogP contribution in [-0.2, 0) is 20.1 Å². The molecule has 0 saturated carbocycles. The number of amides is 2. The van der Waals surface area contributed by atoms with E-state index in [9.17, 15) is 4.79 Å². The van der Waals surface area contributed by atoms with E-state index in [1.54, 1.807) is 11.8 Å². The molecule has 0 atom stereocenters. The van der Waals surface area contributed by atoms with Gasteiger partial charge in [-0.2, -0.15) is 5.10 Å². The van der Waals surface area contributed by atoms with Crippen molar-refractivity contribution in [1.82, 2.24) is 20.4 Å². The van der Waals surface area contributed by atoms with Crippen LogP contribution in [0, 0.1) is 6.92 Å². The van der Waals surface area contributed by atoms with Gasteiger partial charge in [0.1, 0.15) is 0 Å². The third-order valence-corrected chi connectivity index (χ3v) is 4.17. The van der Waals surface area contributed by atoms with E-state index in [1.807, 2.05) is 32.2 Å². The second-order valence-corrected chi connectivity index (χ2v) is 5.91. The fourth-order valence-electron chi connectivity index (χ4n) is 2.90. The largest absolute Gasteiger partial charge is 0.481 e. The van der Waals surface area contributed by atoms with E-state index in [1.165, 1.54) is 5.39 Å². The molecular weight excluding hydrogens is 316 g/mol. The Hall–Kier alpha value is -3.02. The summed E-state index contributed by atoms with van der Waals surface area (Å²) in [4.78, 5) is 12.1. The second kappa shape index (κ2) is 7.25. The molecule has 0 aliphatic carbocycles. The third-order valence-electron chi connectivity index (χ3n) is 4.17. The van der Waals surface area contributed by atoms with Gasteiger partial charge in [-0.3, -0.25) is 0 Å². The van der Waals surface area contributed by atoms with E-state index in [-0.39, 0.29) is 6.03 Å². The summed E-state index contributed by atoms with van der Waals surface area (Å²) in [6, 6.07) is 14.1.